The van der Waals surface area contributed by atoms with Gasteiger partial charge in [0.25, 0.3) is 0 Å². The van der Waals surface area contributed by atoms with E-state index < -0.39 is 0 Å². The Kier molecular flexibility index (Phi) is 3.98. The van der Waals surface area contributed by atoms with Crippen LogP contribution in [0.4, 0.5) is 0 Å². The van der Waals surface area contributed by atoms with Crippen LogP contribution in [0.5, 0.6) is 0 Å². The van der Waals surface area contributed by atoms with Crippen LogP contribution in [0.3, 0.4) is 0 Å². The fraction of sp³-hybridized carbons (Fsp3) is 0.400. The predicted molar refractivity (Wildman–Crippen MR) is 58.5 cm³/mol. The maximum atomic E-state index is 11.5. The summed E-state index contributed by atoms with van der Waals surface area (Å²) in [5, 5.41) is 2.58. The number of rotatable bonds is 5. The molecule has 0 bridgehead atoms. The van der Waals surface area contributed by atoms with E-state index in [4.69, 9.17) is 5.73 Å². The summed E-state index contributed by atoms with van der Waals surface area (Å²) < 4.78 is 0. The molecule has 1 atom stereocenters. The van der Waals surface area contributed by atoms with Gasteiger partial charge in [0.2, 0.25) is 0 Å². The van der Waals surface area contributed by atoms with Gasteiger partial charge in [0.05, 0.1) is 6.04 Å². The monoisotopic (exact) mass is 210 g/mol. The minimum atomic E-state index is -0.0963. The average Bonchev–Trinajstić information content (AvgIpc) is 2.62. The summed E-state index contributed by atoms with van der Waals surface area (Å²) in [6.45, 7) is 5.43. The summed E-state index contributed by atoms with van der Waals surface area (Å²) in [6, 6.07) is -0.0963. The largest absolute Gasteiger partial charge is 0.322 e. The SMILES string of the molecule is C=CCCC(=O)c1csc(C(C)N)n1. The fourth-order valence-corrected chi connectivity index (χ4v) is 1.77. The van der Waals surface area contributed by atoms with E-state index >= 15 is 0 Å². The smallest absolute Gasteiger partial charge is 0.182 e. The lowest BCUT2D eigenvalue weighted by Crippen LogP contribution is -2.05. The highest BCUT2D eigenvalue weighted by Crippen LogP contribution is 2.17. The van der Waals surface area contributed by atoms with Crippen molar-refractivity contribution >= 4 is 17.1 Å². The van der Waals surface area contributed by atoms with Crippen molar-refractivity contribution in [2.24, 2.45) is 5.73 Å². The first-order valence-corrected chi connectivity index (χ1v) is 5.38. The van der Waals surface area contributed by atoms with E-state index in [2.05, 4.69) is 11.6 Å². The highest BCUT2D eigenvalue weighted by atomic mass is 32.1. The quantitative estimate of drug-likeness (QED) is 0.599. The van der Waals surface area contributed by atoms with Crippen LogP contribution < -0.4 is 5.73 Å². The van der Waals surface area contributed by atoms with Gasteiger partial charge in [-0.15, -0.1) is 17.9 Å². The molecule has 1 unspecified atom stereocenters. The Morgan fingerprint density at radius 2 is 2.57 bits per heavy atom. The molecule has 0 saturated heterocycles. The lowest BCUT2D eigenvalue weighted by atomic mass is 10.2. The summed E-state index contributed by atoms with van der Waals surface area (Å²) >= 11 is 1.44. The maximum Gasteiger partial charge on any atom is 0.182 e. The van der Waals surface area contributed by atoms with Crippen LogP contribution in [-0.2, 0) is 0 Å². The first kappa shape index (κ1) is 11.1. The van der Waals surface area contributed by atoms with Crippen molar-refractivity contribution in [2.45, 2.75) is 25.8 Å². The molecule has 0 aliphatic heterocycles. The minimum absolute atomic E-state index is 0.0630. The molecule has 0 saturated carbocycles. The number of nitrogens with two attached hydrogens (primary N) is 1. The van der Waals surface area contributed by atoms with E-state index in [0.717, 1.165) is 5.01 Å². The van der Waals surface area contributed by atoms with Crippen LogP contribution in [0, 0.1) is 0 Å². The van der Waals surface area contributed by atoms with Gasteiger partial charge in [-0.2, -0.15) is 0 Å². The fourth-order valence-electron chi connectivity index (χ4n) is 0.986. The molecular weight excluding hydrogens is 196 g/mol. The molecule has 0 spiro atoms. The van der Waals surface area contributed by atoms with Crippen LogP contribution in [0.1, 0.15) is 41.3 Å². The van der Waals surface area contributed by atoms with Crippen LogP contribution in [0.2, 0.25) is 0 Å². The van der Waals surface area contributed by atoms with E-state index in [0.29, 0.717) is 18.5 Å². The molecule has 4 heteroatoms. The third-order valence-electron chi connectivity index (χ3n) is 1.77. The number of carbonyl (C=O) groups is 1. The summed E-state index contributed by atoms with van der Waals surface area (Å²) in [5.74, 6) is 0.0630. The topological polar surface area (TPSA) is 56.0 Å². The first-order valence-electron chi connectivity index (χ1n) is 4.50. The lowest BCUT2D eigenvalue weighted by molar-refractivity contribution is 0.0979. The number of hydrogen-bond donors (Lipinski definition) is 1. The van der Waals surface area contributed by atoms with Crippen molar-refractivity contribution in [1.29, 1.82) is 0 Å². The highest BCUT2D eigenvalue weighted by molar-refractivity contribution is 7.09. The van der Waals surface area contributed by atoms with E-state index in [1.807, 2.05) is 6.92 Å². The Labute approximate surface area is 87.7 Å². The average molecular weight is 210 g/mol. The van der Waals surface area contributed by atoms with Crippen molar-refractivity contribution < 1.29 is 4.79 Å². The first-order chi connectivity index (χ1) is 6.65. The molecule has 0 fully saturated rings. The van der Waals surface area contributed by atoms with Crippen molar-refractivity contribution in [3.63, 3.8) is 0 Å². The zero-order valence-corrected chi connectivity index (χ0v) is 9.01. The van der Waals surface area contributed by atoms with Gasteiger partial charge in [0, 0.05) is 11.8 Å². The Morgan fingerprint density at radius 3 is 3.07 bits per heavy atom. The van der Waals surface area contributed by atoms with Crippen molar-refractivity contribution in [3.8, 4) is 0 Å². The molecule has 0 aliphatic carbocycles. The van der Waals surface area contributed by atoms with Crippen LogP contribution >= 0.6 is 11.3 Å². The standard InChI is InChI=1S/C10H14N2OS/c1-3-4-5-9(13)8-6-14-10(12-8)7(2)11/h3,6-7H,1,4-5,11H2,2H3. The van der Waals surface area contributed by atoms with Crippen molar-refractivity contribution in [3.05, 3.63) is 28.7 Å². The second kappa shape index (κ2) is 5.02. The Hall–Kier alpha value is -1.00. The van der Waals surface area contributed by atoms with E-state index in [1.54, 1.807) is 11.5 Å². The van der Waals surface area contributed by atoms with Crippen LogP contribution in [0.15, 0.2) is 18.0 Å². The van der Waals surface area contributed by atoms with Crippen LogP contribution in [0.25, 0.3) is 0 Å². The van der Waals surface area contributed by atoms with Crippen molar-refractivity contribution in [2.75, 3.05) is 0 Å². The molecule has 2 N–H and O–H groups in total. The molecule has 1 aromatic rings. The Balaban J connectivity index is 2.66. The minimum Gasteiger partial charge on any atom is -0.322 e. The third kappa shape index (κ3) is 2.75. The van der Waals surface area contributed by atoms with Gasteiger partial charge in [0.1, 0.15) is 10.7 Å². The molecule has 0 amide bonds. The molecule has 1 rings (SSSR count). The lowest BCUT2D eigenvalue weighted by Gasteiger charge is -1.97. The molecule has 0 aromatic carbocycles. The molecular formula is C10H14N2OS. The number of aromatic nitrogens is 1. The number of thiazole rings is 1. The predicted octanol–water partition coefficient (Wildman–Crippen LogP) is 2.31. The van der Waals surface area contributed by atoms with E-state index in [1.165, 1.54) is 11.3 Å². The number of allylic oxidation sites excluding steroid dienone is 1. The summed E-state index contributed by atoms with van der Waals surface area (Å²) in [5.41, 5.74) is 6.18. The number of Topliss-reactive ketones (excluding diaryl/α,β-unsaturated/α-hetero) is 1. The molecule has 1 heterocycles. The highest BCUT2D eigenvalue weighted by Gasteiger charge is 2.11. The molecule has 76 valence electrons. The number of ketones is 1. The van der Waals surface area contributed by atoms with Gasteiger partial charge in [-0.05, 0) is 13.3 Å². The van der Waals surface area contributed by atoms with Gasteiger partial charge >= 0.3 is 0 Å². The van der Waals surface area contributed by atoms with Gasteiger partial charge in [-0.1, -0.05) is 6.08 Å². The molecule has 1 aromatic heterocycles. The van der Waals surface area contributed by atoms with E-state index in [-0.39, 0.29) is 11.8 Å². The summed E-state index contributed by atoms with van der Waals surface area (Å²) in [6.07, 6.45) is 2.91. The number of nitrogens with zero attached hydrogens (tertiary/aromatic N) is 1. The molecule has 0 radical (unpaired) electrons. The third-order valence-corrected chi connectivity index (χ3v) is 2.82. The zero-order chi connectivity index (χ0) is 10.6. The summed E-state index contributed by atoms with van der Waals surface area (Å²) in [7, 11) is 0. The van der Waals surface area contributed by atoms with Gasteiger partial charge in [-0.25, -0.2) is 4.98 Å². The maximum absolute atomic E-state index is 11.5. The summed E-state index contributed by atoms with van der Waals surface area (Å²) in [4.78, 5) is 15.7. The van der Waals surface area contributed by atoms with E-state index in [9.17, 15) is 4.79 Å². The number of hydrogen-bond acceptors (Lipinski definition) is 4. The van der Waals surface area contributed by atoms with Gasteiger partial charge in [-0.3, -0.25) is 4.79 Å². The second-order valence-electron chi connectivity index (χ2n) is 3.11. The zero-order valence-electron chi connectivity index (χ0n) is 8.19. The Bertz CT molecular complexity index is 331. The number of carbonyl (C=O) groups excluding carboxylic acids is 1. The van der Waals surface area contributed by atoms with Crippen LogP contribution in [-0.4, -0.2) is 10.8 Å². The molecule has 14 heavy (non-hydrogen) atoms. The normalized spacial score (nSPS) is 12.4. The Morgan fingerprint density at radius 1 is 1.86 bits per heavy atom. The molecule has 3 nitrogen and oxygen atoms in total. The molecule has 0 aliphatic rings. The van der Waals surface area contributed by atoms with Gasteiger partial charge < -0.3 is 5.73 Å². The second-order valence-corrected chi connectivity index (χ2v) is 4.00. The van der Waals surface area contributed by atoms with Gasteiger partial charge in [0.15, 0.2) is 5.78 Å². The van der Waals surface area contributed by atoms with Crippen molar-refractivity contribution in [1.82, 2.24) is 4.98 Å².